The predicted octanol–water partition coefficient (Wildman–Crippen LogP) is 0.463. The molecule has 0 aliphatic carbocycles. The second-order valence-corrected chi connectivity index (χ2v) is 3.77. The van der Waals surface area contributed by atoms with Crippen molar-refractivity contribution < 1.29 is 4.79 Å². The Balaban J connectivity index is 2.46. The third-order valence-electron chi connectivity index (χ3n) is 2.46. The number of nitrogens with zero attached hydrogens (tertiary/aromatic N) is 1. The second-order valence-electron chi connectivity index (χ2n) is 3.77. The van der Waals surface area contributed by atoms with Crippen LogP contribution in [0, 0.1) is 5.92 Å². The summed E-state index contributed by atoms with van der Waals surface area (Å²) in [5.74, 6) is 0.800. The third kappa shape index (κ3) is 2.21. The van der Waals surface area contributed by atoms with Gasteiger partial charge in [0, 0.05) is 32.6 Å². The Morgan fingerprint density at radius 2 is 2.25 bits per heavy atom. The van der Waals surface area contributed by atoms with Crippen molar-refractivity contribution in [3.8, 4) is 0 Å². The molecule has 1 aliphatic rings. The summed E-state index contributed by atoms with van der Waals surface area (Å²) in [4.78, 5) is 13.0. The molecule has 3 nitrogen and oxygen atoms in total. The molecule has 1 saturated heterocycles. The van der Waals surface area contributed by atoms with Crippen LogP contribution in [0.5, 0.6) is 0 Å². The van der Waals surface area contributed by atoms with Gasteiger partial charge < -0.3 is 10.2 Å². The summed E-state index contributed by atoms with van der Waals surface area (Å²) in [7, 11) is 0. The summed E-state index contributed by atoms with van der Waals surface area (Å²) in [5, 5.41) is 3.41. The molecule has 1 atom stereocenters. The van der Waals surface area contributed by atoms with Crippen molar-refractivity contribution in [2.75, 3.05) is 19.6 Å². The molecule has 1 N–H and O–H groups in total. The number of carbonyl (C=O) groups is 1. The van der Waals surface area contributed by atoms with Gasteiger partial charge in [0.15, 0.2) is 0 Å². The summed E-state index contributed by atoms with van der Waals surface area (Å²) in [6, 6.07) is 0.475. The van der Waals surface area contributed by atoms with E-state index in [0.717, 1.165) is 19.6 Å². The van der Waals surface area contributed by atoms with E-state index >= 15 is 0 Å². The van der Waals surface area contributed by atoms with Crippen LogP contribution in [0.1, 0.15) is 20.8 Å². The number of hydrogen-bond acceptors (Lipinski definition) is 2. The molecule has 1 unspecified atom stereocenters. The van der Waals surface area contributed by atoms with E-state index in [-0.39, 0.29) is 5.91 Å². The fraction of sp³-hybridized carbons (Fsp3) is 0.889. The van der Waals surface area contributed by atoms with Gasteiger partial charge in [-0.1, -0.05) is 13.8 Å². The molecule has 1 amide bonds. The van der Waals surface area contributed by atoms with Gasteiger partial charge in [-0.3, -0.25) is 4.79 Å². The molecule has 0 aromatic rings. The molecule has 0 aromatic carbocycles. The minimum absolute atomic E-state index is 0.196. The lowest BCUT2D eigenvalue weighted by molar-refractivity contribution is -0.130. The van der Waals surface area contributed by atoms with Gasteiger partial charge in [-0.05, 0) is 5.92 Å². The Morgan fingerprint density at radius 3 is 2.75 bits per heavy atom. The Bertz CT molecular complexity index is 168. The van der Waals surface area contributed by atoms with E-state index in [1.807, 2.05) is 4.90 Å². The first kappa shape index (κ1) is 9.52. The predicted molar refractivity (Wildman–Crippen MR) is 48.9 cm³/mol. The molecular formula is C9H18N2O. The van der Waals surface area contributed by atoms with Crippen molar-refractivity contribution >= 4 is 5.91 Å². The fourth-order valence-corrected chi connectivity index (χ4v) is 1.51. The van der Waals surface area contributed by atoms with Gasteiger partial charge in [0.2, 0.25) is 5.91 Å². The van der Waals surface area contributed by atoms with E-state index < -0.39 is 0 Å². The molecule has 0 bridgehead atoms. The Morgan fingerprint density at radius 1 is 1.58 bits per heavy atom. The molecule has 12 heavy (non-hydrogen) atoms. The smallest absolute Gasteiger partial charge is 0.219 e. The van der Waals surface area contributed by atoms with Crippen LogP contribution in [-0.2, 0) is 4.79 Å². The van der Waals surface area contributed by atoms with Crippen molar-refractivity contribution in [3.63, 3.8) is 0 Å². The van der Waals surface area contributed by atoms with Gasteiger partial charge in [0.1, 0.15) is 0 Å². The average molecular weight is 170 g/mol. The Hall–Kier alpha value is -0.570. The van der Waals surface area contributed by atoms with Gasteiger partial charge in [-0.15, -0.1) is 0 Å². The highest BCUT2D eigenvalue weighted by atomic mass is 16.2. The average Bonchev–Trinajstić information content (AvgIpc) is 2.04. The monoisotopic (exact) mass is 170 g/mol. The van der Waals surface area contributed by atoms with Crippen LogP contribution in [-0.4, -0.2) is 36.5 Å². The highest BCUT2D eigenvalue weighted by Gasteiger charge is 2.22. The first-order valence-electron chi connectivity index (χ1n) is 4.60. The summed E-state index contributed by atoms with van der Waals surface area (Å²) < 4.78 is 0. The van der Waals surface area contributed by atoms with Crippen LogP contribution in [0.4, 0.5) is 0 Å². The molecule has 1 rings (SSSR count). The van der Waals surface area contributed by atoms with E-state index in [4.69, 9.17) is 0 Å². The topological polar surface area (TPSA) is 32.3 Å². The Labute approximate surface area is 74.1 Å². The van der Waals surface area contributed by atoms with Crippen LogP contribution >= 0.6 is 0 Å². The number of amides is 1. The van der Waals surface area contributed by atoms with Crippen molar-refractivity contribution in [1.29, 1.82) is 0 Å². The molecular weight excluding hydrogens is 152 g/mol. The number of piperazine rings is 1. The van der Waals surface area contributed by atoms with Gasteiger partial charge in [0.05, 0.1) is 0 Å². The molecule has 0 radical (unpaired) electrons. The molecule has 0 aromatic heterocycles. The first-order chi connectivity index (χ1) is 5.61. The SMILES string of the molecule is CC(=O)N1CCNC(C(C)C)C1. The summed E-state index contributed by atoms with van der Waals surface area (Å²) in [5.41, 5.74) is 0. The number of hydrogen-bond donors (Lipinski definition) is 1. The van der Waals surface area contributed by atoms with E-state index in [9.17, 15) is 4.79 Å². The van der Waals surface area contributed by atoms with Crippen molar-refractivity contribution in [2.24, 2.45) is 5.92 Å². The second kappa shape index (κ2) is 3.90. The molecule has 3 heteroatoms. The zero-order valence-electron chi connectivity index (χ0n) is 8.13. The van der Waals surface area contributed by atoms with Crippen LogP contribution in [0.15, 0.2) is 0 Å². The molecule has 1 fully saturated rings. The van der Waals surface area contributed by atoms with Crippen LogP contribution in [0.25, 0.3) is 0 Å². The molecule has 1 aliphatic heterocycles. The maximum Gasteiger partial charge on any atom is 0.219 e. The van der Waals surface area contributed by atoms with Gasteiger partial charge in [-0.25, -0.2) is 0 Å². The largest absolute Gasteiger partial charge is 0.340 e. The number of rotatable bonds is 1. The lowest BCUT2D eigenvalue weighted by Crippen LogP contribution is -2.54. The summed E-state index contributed by atoms with van der Waals surface area (Å²) in [6.07, 6.45) is 0. The number of carbonyl (C=O) groups excluding carboxylic acids is 1. The van der Waals surface area contributed by atoms with Crippen LogP contribution in [0.2, 0.25) is 0 Å². The van der Waals surface area contributed by atoms with E-state index in [2.05, 4.69) is 19.2 Å². The van der Waals surface area contributed by atoms with E-state index in [1.165, 1.54) is 0 Å². The normalized spacial score (nSPS) is 24.7. The molecule has 0 spiro atoms. The van der Waals surface area contributed by atoms with Crippen LogP contribution < -0.4 is 5.32 Å². The van der Waals surface area contributed by atoms with E-state index in [1.54, 1.807) is 6.92 Å². The maximum atomic E-state index is 11.1. The highest BCUT2D eigenvalue weighted by molar-refractivity contribution is 5.73. The Kier molecular flexibility index (Phi) is 3.09. The fourth-order valence-electron chi connectivity index (χ4n) is 1.51. The molecule has 1 heterocycles. The first-order valence-corrected chi connectivity index (χ1v) is 4.60. The van der Waals surface area contributed by atoms with Gasteiger partial charge in [0.25, 0.3) is 0 Å². The van der Waals surface area contributed by atoms with E-state index in [0.29, 0.717) is 12.0 Å². The standard InChI is InChI=1S/C9H18N2O/c1-7(2)9-6-11(8(3)12)5-4-10-9/h7,9-10H,4-6H2,1-3H3. The summed E-state index contributed by atoms with van der Waals surface area (Å²) >= 11 is 0. The maximum absolute atomic E-state index is 11.1. The summed E-state index contributed by atoms with van der Waals surface area (Å²) in [6.45, 7) is 8.67. The minimum atomic E-state index is 0.196. The lowest BCUT2D eigenvalue weighted by Gasteiger charge is -2.35. The lowest BCUT2D eigenvalue weighted by atomic mass is 10.0. The number of nitrogens with one attached hydrogen (secondary N) is 1. The zero-order valence-corrected chi connectivity index (χ0v) is 8.13. The van der Waals surface area contributed by atoms with Crippen molar-refractivity contribution in [3.05, 3.63) is 0 Å². The zero-order chi connectivity index (χ0) is 9.14. The quantitative estimate of drug-likeness (QED) is 0.620. The van der Waals surface area contributed by atoms with Gasteiger partial charge in [-0.2, -0.15) is 0 Å². The molecule has 70 valence electrons. The third-order valence-corrected chi connectivity index (χ3v) is 2.46. The van der Waals surface area contributed by atoms with Gasteiger partial charge >= 0.3 is 0 Å². The van der Waals surface area contributed by atoms with Crippen LogP contribution in [0.3, 0.4) is 0 Å². The van der Waals surface area contributed by atoms with Crippen molar-refractivity contribution in [1.82, 2.24) is 10.2 Å². The van der Waals surface area contributed by atoms with Crippen molar-refractivity contribution in [2.45, 2.75) is 26.8 Å². The molecule has 0 saturated carbocycles. The minimum Gasteiger partial charge on any atom is -0.340 e. The highest BCUT2D eigenvalue weighted by Crippen LogP contribution is 2.07.